The first-order valence-electron chi connectivity index (χ1n) is 9.02. The topological polar surface area (TPSA) is 75.4 Å². The predicted octanol–water partition coefficient (Wildman–Crippen LogP) is 3.47. The average Bonchev–Trinajstić information content (AvgIpc) is 3.02. The average molecular weight is 366 g/mol. The molecule has 2 aliphatic rings. The van der Waals surface area contributed by atoms with Gasteiger partial charge in [-0.2, -0.15) is 0 Å². The van der Waals surface area contributed by atoms with Gasteiger partial charge in [-0.25, -0.2) is 0 Å². The van der Waals surface area contributed by atoms with E-state index in [-0.39, 0.29) is 29.6 Å². The van der Waals surface area contributed by atoms with Crippen molar-refractivity contribution < 1.29 is 9.59 Å². The molecule has 1 saturated carbocycles. The number of benzene rings is 1. The number of nitrogens with two attached hydrogens (primary N) is 1. The summed E-state index contributed by atoms with van der Waals surface area (Å²) in [5.74, 6) is 0.176. The molecule has 6 heteroatoms. The highest BCUT2D eigenvalue weighted by Gasteiger charge is 2.33. The minimum Gasteiger partial charge on any atom is -0.330 e. The van der Waals surface area contributed by atoms with E-state index < -0.39 is 0 Å². The van der Waals surface area contributed by atoms with Crippen LogP contribution in [0, 0.1) is 5.41 Å². The Bertz CT molecular complexity index is 614. The van der Waals surface area contributed by atoms with Crippen LogP contribution in [0.4, 0.5) is 11.4 Å². The van der Waals surface area contributed by atoms with Crippen LogP contribution in [0.25, 0.3) is 0 Å². The molecule has 3 rings (SSSR count). The van der Waals surface area contributed by atoms with E-state index in [0.717, 1.165) is 50.0 Å². The van der Waals surface area contributed by atoms with Crippen molar-refractivity contribution in [1.29, 1.82) is 0 Å². The Morgan fingerprint density at radius 3 is 2.60 bits per heavy atom. The zero-order valence-corrected chi connectivity index (χ0v) is 15.4. The van der Waals surface area contributed by atoms with Crippen molar-refractivity contribution in [2.75, 3.05) is 23.3 Å². The van der Waals surface area contributed by atoms with Crippen LogP contribution in [-0.4, -0.2) is 24.9 Å². The second-order valence-corrected chi connectivity index (χ2v) is 7.19. The van der Waals surface area contributed by atoms with Crippen LogP contribution in [0.2, 0.25) is 0 Å². The van der Waals surface area contributed by atoms with Crippen LogP contribution in [0.5, 0.6) is 0 Å². The van der Waals surface area contributed by atoms with Crippen molar-refractivity contribution in [2.24, 2.45) is 11.1 Å². The summed E-state index contributed by atoms with van der Waals surface area (Å²) in [5, 5.41) is 2.99. The molecule has 138 valence electrons. The van der Waals surface area contributed by atoms with Gasteiger partial charge in [0.15, 0.2) is 0 Å². The smallest absolute Gasteiger partial charge is 0.227 e. The highest BCUT2D eigenvalue weighted by atomic mass is 35.5. The maximum atomic E-state index is 12.5. The van der Waals surface area contributed by atoms with E-state index in [1.54, 1.807) is 4.90 Å². The number of anilines is 2. The van der Waals surface area contributed by atoms with Crippen LogP contribution in [0.3, 0.4) is 0 Å². The van der Waals surface area contributed by atoms with E-state index in [0.29, 0.717) is 19.4 Å². The van der Waals surface area contributed by atoms with E-state index in [1.807, 2.05) is 24.3 Å². The fourth-order valence-electron chi connectivity index (χ4n) is 3.97. The van der Waals surface area contributed by atoms with Crippen molar-refractivity contribution in [1.82, 2.24) is 0 Å². The molecule has 25 heavy (non-hydrogen) atoms. The molecule has 1 aliphatic heterocycles. The zero-order chi connectivity index (χ0) is 17.0. The lowest BCUT2D eigenvalue weighted by molar-refractivity contribution is -0.119. The molecule has 0 atom stereocenters. The fourth-order valence-corrected chi connectivity index (χ4v) is 3.97. The van der Waals surface area contributed by atoms with Gasteiger partial charge in [0.2, 0.25) is 11.8 Å². The number of amides is 2. The Kier molecular flexibility index (Phi) is 6.85. The number of carbonyl (C=O) groups is 2. The van der Waals surface area contributed by atoms with Crippen molar-refractivity contribution in [3.8, 4) is 0 Å². The third kappa shape index (κ3) is 4.73. The molecule has 0 spiro atoms. The lowest BCUT2D eigenvalue weighted by atomic mass is 9.71. The van der Waals surface area contributed by atoms with Crippen molar-refractivity contribution >= 4 is 35.6 Å². The first-order chi connectivity index (χ1) is 11.6. The van der Waals surface area contributed by atoms with Crippen molar-refractivity contribution in [3.63, 3.8) is 0 Å². The quantitative estimate of drug-likeness (QED) is 0.838. The van der Waals surface area contributed by atoms with Crippen LogP contribution in [0.15, 0.2) is 24.3 Å². The maximum absolute atomic E-state index is 12.5. The van der Waals surface area contributed by atoms with Crippen molar-refractivity contribution in [2.45, 2.75) is 51.4 Å². The molecular weight excluding hydrogens is 338 g/mol. The molecular formula is C19H28ClN3O2. The van der Waals surface area contributed by atoms with Crippen LogP contribution in [-0.2, 0) is 9.59 Å². The summed E-state index contributed by atoms with van der Waals surface area (Å²) >= 11 is 0. The Balaban J connectivity index is 0.00000225. The zero-order valence-electron chi connectivity index (χ0n) is 14.6. The molecule has 0 aromatic heterocycles. The molecule has 3 N–H and O–H groups in total. The highest BCUT2D eigenvalue weighted by Crippen LogP contribution is 2.38. The van der Waals surface area contributed by atoms with Gasteiger partial charge in [0.1, 0.15) is 0 Å². The minimum atomic E-state index is -0.0368. The molecule has 2 amide bonds. The summed E-state index contributed by atoms with van der Waals surface area (Å²) in [6.07, 6.45) is 7.64. The minimum absolute atomic E-state index is 0. The van der Waals surface area contributed by atoms with Gasteiger partial charge in [-0.15, -0.1) is 12.4 Å². The van der Waals surface area contributed by atoms with Crippen LogP contribution >= 0.6 is 12.4 Å². The van der Waals surface area contributed by atoms with Gasteiger partial charge in [0, 0.05) is 30.8 Å². The maximum Gasteiger partial charge on any atom is 0.227 e. The molecule has 2 fully saturated rings. The Hall–Kier alpha value is -1.59. The predicted molar refractivity (Wildman–Crippen MR) is 103 cm³/mol. The lowest BCUT2D eigenvalue weighted by Gasteiger charge is -2.35. The van der Waals surface area contributed by atoms with Gasteiger partial charge in [-0.1, -0.05) is 25.3 Å². The monoisotopic (exact) mass is 365 g/mol. The summed E-state index contributed by atoms with van der Waals surface area (Å²) in [7, 11) is 0. The van der Waals surface area contributed by atoms with E-state index in [4.69, 9.17) is 5.73 Å². The molecule has 0 bridgehead atoms. The summed E-state index contributed by atoms with van der Waals surface area (Å²) in [4.78, 5) is 26.2. The normalized spacial score (nSPS) is 19.4. The first kappa shape index (κ1) is 19.7. The summed E-state index contributed by atoms with van der Waals surface area (Å²) in [6.45, 7) is 1.33. The molecule has 1 heterocycles. The largest absolute Gasteiger partial charge is 0.330 e. The molecule has 0 radical (unpaired) electrons. The number of nitrogens with one attached hydrogen (secondary N) is 1. The lowest BCUT2D eigenvalue weighted by Crippen LogP contribution is -2.36. The first-order valence-corrected chi connectivity index (χ1v) is 9.02. The van der Waals surface area contributed by atoms with Gasteiger partial charge in [0.05, 0.1) is 0 Å². The SMILES string of the molecule is Cl.NCC1(CC(=O)Nc2cccc(N3CCCC3=O)c2)CCCCC1. The van der Waals surface area contributed by atoms with E-state index in [9.17, 15) is 9.59 Å². The number of hydrogen-bond donors (Lipinski definition) is 2. The Morgan fingerprint density at radius 1 is 1.20 bits per heavy atom. The number of halogens is 1. The Labute approximate surface area is 155 Å². The van der Waals surface area contributed by atoms with Gasteiger partial charge in [-0.05, 0) is 49.4 Å². The molecule has 1 aromatic carbocycles. The van der Waals surface area contributed by atoms with Gasteiger partial charge < -0.3 is 16.0 Å². The second kappa shape index (κ2) is 8.68. The molecule has 0 unspecified atom stereocenters. The molecule has 1 saturated heterocycles. The second-order valence-electron chi connectivity index (χ2n) is 7.19. The molecule has 1 aromatic rings. The van der Waals surface area contributed by atoms with Crippen molar-refractivity contribution in [3.05, 3.63) is 24.3 Å². The van der Waals surface area contributed by atoms with E-state index in [2.05, 4.69) is 5.32 Å². The number of carbonyl (C=O) groups excluding carboxylic acids is 2. The van der Waals surface area contributed by atoms with Gasteiger partial charge >= 0.3 is 0 Å². The van der Waals surface area contributed by atoms with E-state index in [1.165, 1.54) is 6.42 Å². The fraction of sp³-hybridized carbons (Fsp3) is 0.579. The number of hydrogen-bond acceptors (Lipinski definition) is 3. The van der Waals surface area contributed by atoms with Gasteiger partial charge in [0.25, 0.3) is 0 Å². The van der Waals surface area contributed by atoms with Crippen LogP contribution < -0.4 is 16.0 Å². The van der Waals surface area contributed by atoms with E-state index >= 15 is 0 Å². The standard InChI is InChI=1S/C19H27N3O2.ClH/c20-14-19(9-2-1-3-10-19)13-17(23)21-15-6-4-7-16(12-15)22-11-5-8-18(22)24;/h4,6-7,12H,1-3,5,8-11,13-14,20H2,(H,21,23);1H. The summed E-state index contributed by atoms with van der Waals surface area (Å²) < 4.78 is 0. The van der Waals surface area contributed by atoms with Crippen LogP contribution in [0.1, 0.15) is 51.4 Å². The Morgan fingerprint density at radius 2 is 1.96 bits per heavy atom. The third-order valence-electron chi connectivity index (χ3n) is 5.40. The molecule has 5 nitrogen and oxygen atoms in total. The summed E-state index contributed by atoms with van der Waals surface area (Å²) in [6, 6.07) is 7.56. The number of rotatable bonds is 5. The molecule has 1 aliphatic carbocycles. The highest BCUT2D eigenvalue weighted by molar-refractivity contribution is 5.97. The van der Waals surface area contributed by atoms with Gasteiger partial charge in [-0.3, -0.25) is 9.59 Å². The third-order valence-corrected chi connectivity index (χ3v) is 5.40. The number of nitrogens with zero attached hydrogens (tertiary/aromatic N) is 1. The summed E-state index contributed by atoms with van der Waals surface area (Å²) in [5.41, 5.74) is 7.55.